The molecule has 11 N–H and O–H groups in total. The summed E-state index contributed by atoms with van der Waals surface area (Å²) in [5, 5.41) is 28.0. The number of nitrogens with two attached hydrogens (primary N) is 1. The van der Waals surface area contributed by atoms with Gasteiger partial charge >= 0.3 is 5.97 Å². The van der Waals surface area contributed by atoms with Gasteiger partial charge in [-0.25, -0.2) is 9.78 Å². The van der Waals surface area contributed by atoms with Crippen molar-refractivity contribution in [3.05, 3.63) is 118 Å². The van der Waals surface area contributed by atoms with Crippen LogP contribution in [0.4, 0.5) is 5.82 Å². The first-order chi connectivity index (χ1) is 31.4. The van der Waals surface area contributed by atoms with Gasteiger partial charge in [0.05, 0.1) is 31.0 Å². The number of nitrogens with zero attached hydrogens (tertiary/aromatic N) is 2. The molecule has 3 aromatic rings. The van der Waals surface area contributed by atoms with E-state index in [9.17, 15) is 51.6 Å². The van der Waals surface area contributed by atoms with Gasteiger partial charge in [0.2, 0.25) is 11.8 Å². The average molecular weight is 949 g/mol. The number of carbonyl (C=O) groups is 7. The van der Waals surface area contributed by atoms with Gasteiger partial charge in [-0.05, 0) is 67.8 Å². The minimum absolute atomic E-state index is 0.150. The van der Waals surface area contributed by atoms with E-state index < -0.39 is 69.8 Å². The Bertz CT molecular complexity index is 2520. The second-order valence-corrected chi connectivity index (χ2v) is 16.6. The minimum Gasteiger partial charge on any atom is -0.494 e. The van der Waals surface area contributed by atoms with Crippen LogP contribution in [0.25, 0.3) is 0 Å². The first-order valence-electron chi connectivity index (χ1n) is 19.9. The van der Waals surface area contributed by atoms with E-state index in [1.807, 2.05) is 0 Å². The lowest BCUT2D eigenvalue weighted by Gasteiger charge is -2.21. The van der Waals surface area contributed by atoms with Gasteiger partial charge in [0.25, 0.3) is 33.7 Å². The number of carboxylic acids is 1. The topological polar surface area (TPSA) is 339 Å². The van der Waals surface area contributed by atoms with E-state index in [-0.39, 0.29) is 58.6 Å². The van der Waals surface area contributed by atoms with Crippen LogP contribution in [0.15, 0.2) is 112 Å². The second-order valence-electron chi connectivity index (χ2n) is 14.1. The van der Waals surface area contributed by atoms with Crippen molar-refractivity contribution < 1.29 is 56.4 Å². The molecule has 0 unspecified atom stereocenters. The van der Waals surface area contributed by atoms with Gasteiger partial charge in [-0.3, -0.25) is 38.7 Å². The Labute approximate surface area is 383 Å². The highest BCUT2D eigenvalue weighted by Crippen LogP contribution is 2.16. The number of amides is 6. The molecule has 0 bridgehead atoms. The molecule has 1 aliphatic heterocycles. The van der Waals surface area contributed by atoms with Crippen LogP contribution in [0.3, 0.4) is 0 Å². The predicted octanol–water partition coefficient (Wildman–Crippen LogP) is 0.317. The van der Waals surface area contributed by atoms with Crippen LogP contribution < -0.4 is 47.8 Å². The van der Waals surface area contributed by atoms with Crippen LogP contribution in [0.1, 0.15) is 41.8 Å². The van der Waals surface area contributed by atoms with Crippen molar-refractivity contribution in [1.82, 2.24) is 36.9 Å². The third-order valence-corrected chi connectivity index (χ3v) is 10.7. The molecule has 350 valence electrons. The Hall–Kier alpha value is -7.41. The third-order valence-electron chi connectivity index (χ3n) is 8.80. The smallest absolute Gasteiger partial charge is 0.330 e. The number of benzene rings is 2. The first-order valence-corrected chi connectivity index (χ1v) is 22.5. The highest BCUT2D eigenvalue weighted by Gasteiger charge is 2.28. The fraction of sp³-hybridized carbons (Fsp3) is 0.262. The maximum absolute atomic E-state index is 13.8. The van der Waals surface area contributed by atoms with Crippen molar-refractivity contribution in [1.29, 1.82) is 0 Å². The maximum atomic E-state index is 13.8. The Morgan fingerprint density at radius 2 is 1.71 bits per heavy atom. The standard InChI is InChI=1S/C42H48N10O12S2/c1-25(2)37-42(60)49-30(14-18-65-19-15-43)39(57)46-24-35(53)48-32(21-36(54)55)40(58)50-31(41(59)51-37)20-26-8-11-29(12-9-26)64-17-5-16-44-38(56)28-10-13-34(45-22-28)52-47-23-27-6-3-4-7-33(27)66(61,62)63/h3-4,6-14,21-23,31H,5,15-20,24,43H2,1-2H3,(H,44,56)(H,45,52)(H,46,57)(H,48,53)(H,49,60)(H,50,58)(H,51,59)(H,54,55)(H,61,62,63)/b30-14-,32-21+,47-23+/t31-/m1/s1. The molecule has 1 fully saturated rings. The first kappa shape index (κ1) is 51.2. The minimum atomic E-state index is -4.45. The van der Waals surface area contributed by atoms with Gasteiger partial charge in [-0.1, -0.05) is 30.3 Å². The molecule has 2 aromatic carbocycles. The highest BCUT2D eigenvalue weighted by molar-refractivity contribution is 7.99. The van der Waals surface area contributed by atoms with Crippen molar-refractivity contribution in [2.75, 3.05) is 43.2 Å². The lowest BCUT2D eigenvalue weighted by molar-refractivity contribution is -0.132. The predicted molar refractivity (Wildman–Crippen MR) is 242 cm³/mol. The molecule has 1 saturated heterocycles. The number of aromatic nitrogens is 1. The number of thioether (sulfide) groups is 1. The van der Waals surface area contributed by atoms with E-state index in [1.165, 1.54) is 74.4 Å². The number of hydrazone groups is 1. The summed E-state index contributed by atoms with van der Waals surface area (Å²) in [7, 11) is -4.45. The van der Waals surface area contributed by atoms with Crippen molar-refractivity contribution in [2.45, 2.75) is 37.6 Å². The van der Waals surface area contributed by atoms with E-state index in [0.29, 0.717) is 41.7 Å². The number of hydrogen-bond donors (Lipinski definition) is 10. The fourth-order valence-electron chi connectivity index (χ4n) is 5.60. The molecular weight excluding hydrogens is 901 g/mol. The van der Waals surface area contributed by atoms with Crippen LogP contribution >= 0.6 is 11.8 Å². The molecule has 1 aliphatic rings. The number of pyridine rings is 1. The van der Waals surface area contributed by atoms with Crippen LogP contribution in [-0.4, -0.2) is 114 Å². The lowest BCUT2D eigenvalue weighted by Crippen LogP contribution is -2.51. The number of nitrogens with one attached hydrogen (secondary N) is 7. The van der Waals surface area contributed by atoms with Crippen molar-refractivity contribution >= 4 is 75.3 Å². The van der Waals surface area contributed by atoms with Gasteiger partial charge < -0.3 is 47.5 Å². The zero-order valence-electron chi connectivity index (χ0n) is 35.6. The van der Waals surface area contributed by atoms with E-state index >= 15 is 0 Å². The van der Waals surface area contributed by atoms with Crippen molar-refractivity contribution in [2.24, 2.45) is 10.8 Å². The zero-order valence-corrected chi connectivity index (χ0v) is 37.2. The quantitative estimate of drug-likeness (QED) is 0.0286. The number of aliphatic carboxylic acids is 1. The van der Waals surface area contributed by atoms with Crippen LogP contribution in [0, 0.1) is 0 Å². The summed E-state index contributed by atoms with van der Waals surface area (Å²) in [6.07, 6.45) is 4.59. The molecule has 2 heterocycles. The van der Waals surface area contributed by atoms with Crippen LogP contribution in [-0.2, 0) is 45.3 Å². The number of ether oxygens (including phenoxy) is 1. The van der Waals surface area contributed by atoms with Gasteiger partial charge in [-0.2, -0.15) is 25.3 Å². The molecular formula is C42H48N10O12S2. The largest absolute Gasteiger partial charge is 0.494 e. The Morgan fingerprint density at radius 3 is 2.38 bits per heavy atom. The van der Waals surface area contributed by atoms with Gasteiger partial charge in [0.15, 0.2) is 0 Å². The zero-order chi connectivity index (χ0) is 48.2. The summed E-state index contributed by atoms with van der Waals surface area (Å²) in [6.45, 7) is 3.18. The number of carbonyl (C=O) groups excluding carboxylic acids is 6. The highest BCUT2D eigenvalue weighted by atomic mass is 32.2. The molecule has 24 heteroatoms. The maximum Gasteiger partial charge on any atom is 0.330 e. The van der Waals surface area contributed by atoms with Crippen LogP contribution in [0.5, 0.6) is 5.75 Å². The van der Waals surface area contributed by atoms with Crippen LogP contribution in [0.2, 0.25) is 0 Å². The molecule has 6 amide bonds. The Morgan fingerprint density at radius 1 is 0.970 bits per heavy atom. The SMILES string of the molecule is CC(C)=C1NC(=O)[C@@H](Cc2ccc(OCCCNC(=O)c3ccc(N/N=C/c4ccccc4S(=O)(=O)O)nc3)cc2)NC(=O)/C(=C\C(=O)O)NC(=O)CNC(=O)/C(=C/CSCCN)NC1=O. The lowest BCUT2D eigenvalue weighted by atomic mass is 10.0. The van der Waals surface area contributed by atoms with Gasteiger partial charge in [0.1, 0.15) is 39.6 Å². The molecule has 0 saturated carbocycles. The number of anilines is 1. The monoisotopic (exact) mass is 948 g/mol. The molecule has 4 rings (SSSR count). The molecule has 1 atom stereocenters. The molecule has 22 nitrogen and oxygen atoms in total. The van der Waals surface area contributed by atoms with Crippen molar-refractivity contribution in [3.63, 3.8) is 0 Å². The Kier molecular flexibility index (Phi) is 19.5. The van der Waals surface area contributed by atoms with Gasteiger partial charge in [0, 0.05) is 42.8 Å². The number of hydrogen-bond acceptors (Lipinski definition) is 15. The normalized spacial score (nSPS) is 16.6. The molecule has 0 aliphatic carbocycles. The second kappa shape index (κ2) is 25.2. The summed E-state index contributed by atoms with van der Waals surface area (Å²) in [5.41, 5.74) is 8.23. The molecule has 0 spiro atoms. The summed E-state index contributed by atoms with van der Waals surface area (Å²) in [5.74, 6) is -5.20. The average Bonchev–Trinajstić information content (AvgIpc) is 3.27. The summed E-state index contributed by atoms with van der Waals surface area (Å²) < 4.78 is 38.3. The summed E-state index contributed by atoms with van der Waals surface area (Å²) in [4.78, 5) is 94.6. The van der Waals surface area contributed by atoms with Crippen molar-refractivity contribution in [3.8, 4) is 5.75 Å². The Balaban J connectivity index is 1.37. The van der Waals surface area contributed by atoms with E-state index in [4.69, 9.17) is 10.5 Å². The number of rotatable bonds is 17. The number of carboxylic acid groups (broad SMARTS) is 1. The van der Waals surface area contributed by atoms with Gasteiger partial charge in [-0.15, -0.1) is 0 Å². The van der Waals surface area contributed by atoms with E-state index in [0.717, 1.165) is 0 Å². The number of allylic oxidation sites excluding steroid dienone is 1. The summed E-state index contributed by atoms with van der Waals surface area (Å²) in [6, 6.07) is 13.7. The molecule has 66 heavy (non-hydrogen) atoms. The molecule has 1 aromatic heterocycles. The fourth-order valence-corrected chi connectivity index (χ4v) is 6.89. The third kappa shape index (κ3) is 16.6. The van der Waals surface area contributed by atoms with E-state index in [1.54, 1.807) is 30.3 Å². The van der Waals surface area contributed by atoms with E-state index in [2.05, 4.69) is 47.4 Å². The molecule has 0 radical (unpaired) electrons. The summed E-state index contributed by atoms with van der Waals surface area (Å²) >= 11 is 1.37.